The number of nitrogens with one attached hydrogen (secondary N) is 1. The summed E-state index contributed by atoms with van der Waals surface area (Å²) in [6.45, 7) is 8.42. The molecule has 4 heterocycles. The number of nitrogens with zero attached hydrogens (tertiary/aromatic N) is 4. The van der Waals surface area contributed by atoms with Crippen molar-refractivity contribution in [3.8, 4) is 5.75 Å². The molecule has 238 valence electrons. The summed E-state index contributed by atoms with van der Waals surface area (Å²) in [6, 6.07) is 17.7. The number of thiophene rings is 1. The predicted molar refractivity (Wildman–Crippen MR) is 178 cm³/mol. The lowest BCUT2D eigenvalue weighted by Gasteiger charge is -2.36. The molecule has 2 aromatic heterocycles. The zero-order chi connectivity index (χ0) is 31.0. The Balaban J connectivity index is 0.940. The lowest BCUT2D eigenvalue weighted by molar-refractivity contribution is -0.149. The number of unbranched alkanes of at least 4 members (excludes halogenated alkanes) is 1. The van der Waals surface area contributed by atoms with E-state index in [0.717, 1.165) is 64.0 Å². The molecule has 0 atom stereocenters. The van der Waals surface area contributed by atoms with Crippen molar-refractivity contribution in [2.75, 3.05) is 70.4 Å². The van der Waals surface area contributed by atoms with Crippen LogP contribution >= 0.6 is 11.3 Å². The number of carbonyl (C=O) groups excluding carboxylic acids is 2. The molecule has 1 N–H and O–H groups in total. The minimum absolute atomic E-state index is 0.0159. The van der Waals surface area contributed by atoms with Crippen LogP contribution in [0.5, 0.6) is 5.75 Å². The third-order valence-corrected chi connectivity index (χ3v) is 9.54. The van der Waals surface area contributed by atoms with Crippen molar-refractivity contribution in [2.45, 2.75) is 32.4 Å². The van der Waals surface area contributed by atoms with Crippen LogP contribution in [0.25, 0.3) is 21.0 Å². The summed E-state index contributed by atoms with van der Waals surface area (Å²) in [5.41, 5.74) is 1.72. The fourth-order valence-corrected chi connectivity index (χ4v) is 6.88. The molecule has 0 radical (unpaired) electrons. The first kappa shape index (κ1) is 31.1. The average Bonchev–Trinajstić information content (AvgIpc) is 3.57. The predicted octanol–water partition coefficient (Wildman–Crippen LogP) is 3.91. The van der Waals surface area contributed by atoms with Gasteiger partial charge in [-0.1, -0.05) is 6.07 Å². The highest BCUT2D eigenvalue weighted by atomic mass is 32.1. The van der Waals surface area contributed by atoms with Crippen molar-refractivity contribution < 1.29 is 19.1 Å². The molecule has 0 aliphatic carbocycles. The highest BCUT2D eigenvalue weighted by molar-refractivity contribution is 7.17. The maximum absolute atomic E-state index is 12.7. The lowest BCUT2D eigenvalue weighted by Crippen LogP contribution is -2.46. The Morgan fingerprint density at radius 3 is 2.56 bits per heavy atom. The Bertz CT molecular complexity index is 1670. The quantitative estimate of drug-likeness (QED) is 0.186. The molecule has 4 aromatic rings. The molecule has 0 spiro atoms. The topological polar surface area (TPSA) is 96.3 Å². The molecular weight excluding hydrogens is 590 g/mol. The van der Waals surface area contributed by atoms with Gasteiger partial charge in [0.25, 0.3) is 5.56 Å². The number of benzene rings is 2. The van der Waals surface area contributed by atoms with Gasteiger partial charge in [0, 0.05) is 86.7 Å². The molecule has 0 saturated carbocycles. The molecular formula is C34H41N5O5S. The van der Waals surface area contributed by atoms with E-state index in [2.05, 4.69) is 44.8 Å². The van der Waals surface area contributed by atoms with Crippen molar-refractivity contribution in [1.29, 1.82) is 0 Å². The summed E-state index contributed by atoms with van der Waals surface area (Å²) in [6.07, 6.45) is 2.06. The molecule has 2 aliphatic heterocycles. The number of esters is 1. The second kappa shape index (κ2) is 14.9. The molecule has 11 heteroatoms. The first-order valence-electron chi connectivity index (χ1n) is 15.9. The number of amides is 1. The molecule has 2 aromatic carbocycles. The van der Waals surface area contributed by atoms with E-state index in [-0.39, 0.29) is 31.0 Å². The van der Waals surface area contributed by atoms with Crippen molar-refractivity contribution in [3.05, 3.63) is 70.3 Å². The number of pyridine rings is 1. The highest BCUT2D eigenvalue weighted by Gasteiger charge is 2.19. The van der Waals surface area contributed by atoms with Gasteiger partial charge < -0.3 is 24.6 Å². The molecule has 10 nitrogen and oxygen atoms in total. The summed E-state index contributed by atoms with van der Waals surface area (Å²) in [5.74, 6) is 0.116. The summed E-state index contributed by atoms with van der Waals surface area (Å²) in [5, 5.41) is 7.58. The molecule has 0 bridgehead atoms. The SMILES string of the molecule is O=C(CCC(=O)N1CCNCC1)OCn1c(=O)ccc2ccc(OCCCCN3CCN(c4cccc5sccc45)CC3)cc21. The average molecular weight is 632 g/mol. The monoisotopic (exact) mass is 631 g/mol. The van der Waals surface area contributed by atoms with Crippen molar-refractivity contribution in [3.63, 3.8) is 0 Å². The molecule has 2 fully saturated rings. The molecule has 2 saturated heterocycles. The largest absolute Gasteiger partial charge is 0.494 e. The Morgan fingerprint density at radius 2 is 1.71 bits per heavy atom. The minimum atomic E-state index is -0.504. The van der Waals surface area contributed by atoms with E-state index in [1.165, 1.54) is 26.4 Å². The van der Waals surface area contributed by atoms with Gasteiger partial charge in [0.15, 0.2) is 6.73 Å². The molecule has 2 aliphatic rings. The van der Waals surface area contributed by atoms with E-state index >= 15 is 0 Å². The van der Waals surface area contributed by atoms with Gasteiger partial charge >= 0.3 is 5.97 Å². The number of aromatic nitrogens is 1. The lowest BCUT2D eigenvalue weighted by atomic mass is 10.2. The maximum atomic E-state index is 12.7. The zero-order valence-corrected chi connectivity index (χ0v) is 26.4. The maximum Gasteiger partial charge on any atom is 0.308 e. The van der Waals surface area contributed by atoms with Gasteiger partial charge in [-0.25, -0.2) is 0 Å². The highest BCUT2D eigenvalue weighted by Crippen LogP contribution is 2.31. The van der Waals surface area contributed by atoms with E-state index in [1.807, 2.05) is 18.2 Å². The van der Waals surface area contributed by atoms with Crippen LogP contribution in [0.2, 0.25) is 0 Å². The normalized spacial score (nSPS) is 15.9. The molecule has 0 unspecified atom stereocenters. The van der Waals surface area contributed by atoms with Crippen LogP contribution in [0.15, 0.2) is 64.8 Å². The van der Waals surface area contributed by atoms with Gasteiger partial charge in [-0.3, -0.25) is 23.9 Å². The smallest absolute Gasteiger partial charge is 0.308 e. The standard InChI is InChI=1S/C34H41N5O5S/c40-32(38-16-13-35-14-17-38)10-11-34(42)44-25-39-30-24-27(8-6-26(30)7-9-33(39)41)43-22-2-1-15-36-18-20-37(21-19-36)29-4-3-5-31-28(29)12-23-45-31/h3-9,12,23-24,35H,1-2,10-11,13-22,25H2. The second-order valence-corrected chi connectivity index (χ2v) is 12.5. The van der Waals surface area contributed by atoms with Crippen LogP contribution in [0.3, 0.4) is 0 Å². The van der Waals surface area contributed by atoms with Crippen molar-refractivity contribution >= 4 is 49.9 Å². The number of hydrogen-bond acceptors (Lipinski definition) is 9. The third kappa shape index (κ3) is 7.84. The van der Waals surface area contributed by atoms with E-state index in [9.17, 15) is 14.4 Å². The summed E-state index contributed by atoms with van der Waals surface area (Å²) in [7, 11) is 0. The number of carbonyl (C=O) groups is 2. The number of ether oxygens (including phenoxy) is 2. The van der Waals surface area contributed by atoms with Gasteiger partial charge in [-0.15, -0.1) is 11.3 Å². The van der Waals surface area contributed by atoms with E-state index < -0.39 is 5.97 Å². The van der Waals surface area contributed by atoms with E-state index in [0.29, 0.717) is 31.0 Å². The van der Waals surface area contributed by atoms with Gasteiger partial charge in [0.2, 0.25) is 5.91 Å². The number of rotatable bonds is 12. The van der Waals surface area contributed by atoms with Crippen LogP contribution in [0.4, 0.5) is 5.69 Å². The first-order valence-corrected chi connectivity index (χ1v) is 16.8. The minimum Gasteiger partial charge on any atom is -0.494 e. The van der Waals surface area contributed by atoms with Crippen LogP contribution in [0.1, 0.15) is 25.7 Å². The summed E-state index contributed by atoms with van der Waals surface area (Å²) in [4.78, 5) is 44.2. The van der Waals surface area contributed by atoms with Crippen LogP contribution in [-0.2, 0) is 21.1 Å². The first-order chi connectivity index (χ1) is 22.0. The van der Waals surface area contributed by atoms with E-state index in [4.69, 9.17) is 9.47 Å². The second-order valence-electron chi connectivity index (χ2n) is 11.6. The Labute approximate surface area is 267 Å². The van der Waals surface area contributed by atoms with Crippen LogP contribution in [-0.4, -0.2) is 91.8 Å². The number of piperazine rings is 2. The fourth-order valence-electron chi connectivity index (χ4n) is 6.07. The van der Waals surface area contributed by atoms with Gasteiger partial charge in [-0.05, 0) is 66.6 Å². The van der Waals surface area contributed by atoms with Crippen molar-refractivity contribution in [1.82, 2.24) is 19.7 Å². The van der Waals surface area contributed by atoms with Gasteiger partial charge in [-0.2, -0.15) is 0 Å². The number of fused-ring (bicyclic) bond motifs is 2. The zero-order valence-electron chi connectivity index (χ0n) is 25.6. The summed E-state index contributed by atoms with van der Waals surface area (Å²) >= 11 is 1.80. The Morgan fingerprint density at radius 1 is 0.889 bits per heavy atom. The van der Waals surface area contributed by atoms with Crippen LogP contribution < -0.4 is 20.5 Å². The van der Waals surface area contributed by atoms with Crippen molar-refractivity contribution in [2.24, 2.45) is 0 Å². The number of anilines is 1. The third-order valence-electron chi connectivity index (χ3n) is 8.65. The van der Waals surface area contributed by atoms with Crippen LogP contribution in [0, 0.1) is 0 Å². The molecule has 1 amide bonds. The molecule has 45 heavy (non-hydrogen) atoms. The van der Waals surface area contributed by atoms with Gasteiger partial charge in [0.05, 0.1) is 18.5 Å². The van der Waals surface area contributed by atoms with E-state index in [1.54, 1.807) is 22.3 Å². The Hall–Kier alpha value is -3.93. The number of hydrogen-bond donors (Lipinski definition) is 1. The fraction of sp³-hybridized carbons (Fsp3) is 0.441. The Kier molecular flexibility index (Phi) is 10.3. The van der Waals surface area contributed by atoms with Gasteiger partial charge in [0.1, 0.15) is 5.75 Å². The summed E-state index contributed by atoms with van der Waals surface area (Å²) < 4.78 is 14.2. The molecule has 6 rings (SSSR count).